The maximum atomic E-state index is 13.7. The smallest absolute Gasteiger partial charge is 0.264 e. The summed E-state index contributed by atoms with van der Waals surface area (Å²) in [6.45, 7) is 1.77. The number of rotatable bonds is 11. The van der Waals surface area contributed by atoms with Gasteiger partial charge in [0.25, 0.3) is 10.0 Å². The lowest BCUT2D eigenvalue weighted by Gasteiger charge is -2.25. The zero-order chi connectivity index (χ0) is 26.3. The summed E-state index contributed by atoms with van der Waals surface area (Å²) in [6, 6.07) is 15.3. The van der Waals surface area contributed by atoms with Crippen molar-refractivity contribution in [3.8, 4) is 23.0 Å². The van der Waals surface area contributed by atoms with E-state index >= 15 is 0 Å². The minimum Gasteiger partial charge on any atom is -0.495 e. The van der Waals surface area contributed by atoms with Gasteiger partial charge in [0.15, 0.2) is 11.5 Å². The maximum absolute atomic E-state index is 13.7. The van der Waals surface area contributed by atoms with Crippen LogP contribution in [-0.4, -0.2) is 48.8 Å². The van der Waals surface area contributed by atoms with Crippen LogP contribution in [0.5, 0.6) is 23.0 Å². The highest BCUT2D eigenvalue weighted by atomic mass is 35.5. The Bertz CT molecular complexity index is 1310. The van der Waals surface area contributed by atoms with E-state index in [2.05, 4.69) is 5.32 Å². The van der Waals surface area contributed by atoms with Crippen LogP contribution in [0.3, 0.4) is 0 Å². The second kappa shape index (κ2) is 11.9. The highest BCUT2D eigenvalue weighted by Crippen LogP contribution is 2.33. The van der Waals surface area contributed by atoms with Crippen molar-refractivity contribution in [3.05, 3.63) is 65.7 Å². The van der Waals surface area contributed by atoms with Gasteiger partial charge >= 0.3 is 0 Å². The van der Waals surface area contributed by atoms with Gasteiger partial charge in [-0.3, -0.25) is 9.10 Å². The summed E-state index contributed by atoms with van der Waals surface area (Å²) in [5.41, 5.74) is 0.576. The van der Waals surface area contributed by atoms with Gasteiger partial charge in [-0.05, 0) is 61.5 Å². The molecule has 0 unspecified atom stereocenters. The van der Waals surface area contributed by atoms with Gasteiger partial charge in [0.05, 0.1) is 44.2 Å². The number of halogens is 1. The zero-order valence-corrected chi connectivity index (χ0v) is 21.9. The van der Waals surface area contributed by atoms with Crippen LogP contribution in [-0.2, 0) is 14.8 Å². The maximum Gasteiger partial charge on any atom is 0.264 e. The highest BCUT2D eigenvalue weighted by molar-refractivity contribution is 7.92. The van der Waals surface area contributed by atoms with Crippen LogP contribution in [0.4, 0.5) is 11.4 Å². The third kappa shape index (κ3) is 6.13. The number of hydrogen-bond donors (Lipinski definition) is 1. The molecule has 3 aromatic rings. The second-order valence-electron chi connectivity index (χ2n) is 7.35. The average Bonchev–Trinajstić information content (AvgIpc) is 2.87. The fourth-order valence-electron chi connectivity index (χ4n) is 3.39. The number of hydrogen-bond acceptors (Lipinski definition) is 7. The number of methoxy groups -OCH3 is 3. The molecule has 0 saturated heterocycles. The fourth-order valence-corrected chi connectivity index (χ4v) is 5.00. The minimum absolute atomic E-state index is 0.0813. The minimum atomic E-state index is -4.21. The molecule has 0 aromatic heterocycles. The molecule has 9 nitrogen and oxygen atoms in total. The Morgan fingerprint density at radius 2 is 1.53 bits per heavy atom. The van der Waals surface area contributed by atoms with Crippen molar-refractivity contribution in [2.24, 2.45) is 0 Å². The number of anilines is 2. The fraction of sp³-hybridized carbons (Fsp3) is 0.240. The predicted molar refractivity (Wildman–Crippen MR) is 138 cm³/mol. The summed E-state index contributed by atoms with van der Waals surface area (Å²) in [7, 11) is 0.1000. The highest BCUT2D eigenvalue weighted by Gasteiger charge is 2.29. The Balaban J connectivity index is 2.01. The lowest BCUT2D eigenvalue weighted by molar-refractivity contribution is -0.114. The third-order valence-electron chi connectivity index (χ3n) is 5.10. The Morgan fingerprint density at radius 1 is 0.889 bits per heavy atom. The van der Waals surface area contributed by atoms with Crippen molar-refractivity contribution in [1.29, 1.82) is 0 Å². The van der Waals surface area contributed by atoms with Gasteiger partial charge in [0, 0.05) is 11.1 Å². The molecule has 3 aromatic carbocycles. The van der Waals surface area contributed by atoms with Crippen molar-refractivity contribution in [2.75, 3.05) is 44.1 Å². The summed E-state index contributed by atoms with van der Waals surface area (Å²) >= 11 is 6.06. The zero-order valence-electron chi connectivity index (χ0n) is 20.3. The number of nitrogens with one attached hydrogen (secondary N) is 1. The molecule has 0 saturated carbocycles. The monoisotopic (exact) mass is 534 g/mol. The van der Waals surface area contributed by atoms with E-state index in [9.17, 15) is 13.2 Å². The first kappa shape index (κ1) is 27.0. The number of carbonyl (C=O) groups is 1. The van der Waals surface area contributed by atoms with E-state index in [1.807, 2.05) is 6.92 Å². The topological polar surface area (TPSA) is 103 Å². The molecule has 0 aliphatic carbocycles. The summed E-state index contributed by atoms with van der Waals surface area (Å²) in [5, 5.41) is 3.06. The quantitative estimate of drug-likeness (QED) is 0.383. The Morgan fingerprint density at radius 3 is 2.14 bits per heavy atom. The molecule has 0 heterocycles. The van der Waals surface area contributed by atoms with Crippen LogP contribution in [0.1, 0.15) is 6.92 Å². The van der Waals surface area contributed by atoms with Gasteiger partial charge in [-0.1, -0.05) is 11.6 Å². The van der Waals surface area contributed by atoms with Crippen molar-refractivity contribution in [2.45, 2.75) is 11.8 Å². The van der Waals surface area contributed by atoms with Gasteiger partial charge in [-0.15, -0.1) is 0 Å². The van der Waals surface area contributed by atoms with E-state index in [4.69, 9.17) is 30.5 Å². The van der Waals surface area contributed by atoms with Crippen molar-refractivity contribution >= 4 is 38.9 Å². The number of carbonyl (C=O) groups excluding carboxylic acids is 1. The first-order chi connectivity index (χ1) is 17.2. The third-order valence-corrected chi connectivity index (χ3v) is 7.11. The standard InChI is InChI=1S/C25H27ClN2O7S/c1-5-35-19-9-7-18(8-10-19)28(16-25(29)27-21-14-17(26)6-12-22(21)32-2)36(30,31)20-11-13-23(33-3)24(15-20)34-4/h6-15H,5,16H2,1-4H3,(H,27,29). The first-order valence-electron chi connectivity index (χ1n) is 10.8. The van der Waals surface area contributed by atoms with Gasteiger partial charge in [0.1, 0.15) is 18.0 Å². The molecule has 0 spiro atoms. The molecule has 192 valence electrons. The van der Waals surface area contributed by atoms with Gasteiger partial charge in [0.2, 0.25) is 5.91 Å². The summed E-state index contributed by atoms with van der Waals surface area (Å²) in [6.07, 6.45) is 0. The Kier molecular flexibility index (Phi) is 8.89. The first-order valence-corrected chi connectivity index (χ1v) is 12.7. The van der Waals surface area contributed by atoms with Crippen molar-refractivity contribution in [3.63, 3.8) is 0 Å². The molecule has 1 N–H and O–H groups in total. The van der Waals surface area contributed by atoms with Crippen LogP contribution in [0.2, 0.25) is 5.02 Å². The van der Waals surface area contributed by atoms with Crippen LogP contribution in [0, 0.1) is 0 Å². The second-order valence-corrected chi connectivity index (χ2v) is 9.65. The van der Waals surface area contributed by atoms with Crippen LogP contribution >= 0.6 is 11.6 Å². The summed E-state index contributed by atoms with van der Waals surface area (Å²) < 4.78 is 49.7. The number of sulfonamides is 1. The number of nitrogens with zero attached hydrogens (tertiary/aromatic N) is 1. The summed E-state index contributed by atoms with van der Waals surface area (Å²) in [4.78, 5) is 13.0. The normalized spacial score (nSPS) is 10.9. The molecular weight excluding hydrogens is 508 g/mol. The lowest BCUT2D eigenvalue weighted by atomic mass is 10.3. The molecule has 11 heteroatoms. The van der Waals surface area contributed by atoms with Crippen molar-refractivity contribution in [1.82, 2.24) is 0 Å². The van der Waals surface area contributed by atoms with Crippen LogP contribution in [0.15, 0.2) is 65.6 Å². The molecule has 1 amide bonds. The Labute approximate surface area is 215 Å². The molecule has 0 radical (unpaired) electrons. The SMILES string of the molecule is CCOc1ccc(N(CC(=O)Nc2cc(Cl)ccc2OC)S(=O)(=O)c2ccc(OC)c(OC)c2)cc1. The number of ether oxygens (including phenoxy) is 4. The molecule has 0 aliphatic rings. The van der Waals surface area contributed by atoms with E-state index in [0.717, 1.165) is 4.31 Å². The molecule has 0 bridgehead atoms. The number of benzene rings is 3. The lowest BCUT2D eigenvalue weighted by Crippen LogP contribution is -2.38. The van der Waals surface area contributed by atoms with Gasteiger partial charge in [-0.2, -0.15) is 0 Å². The van der Waals surface area contributed by atoms with Crippen LogP contribution < -0.4 is 28.6 Å². The van der Waals surface area contributed by atoms with Gasteiger partial charge in [-0.25, -0.2) is 8.42 Å². The van der Waals surface area contributed by atoms with E-state index in [0.29, 0.717) is 34.6 Å². The molecule has 0 aliphatic heterocycles. The average molecular weight is 535 g/mol. The summed E-state index contributed by atoms with van der Waals surface area (Å²) in [5.74, 6) is 0.947. The molecular formula is C25H27ClN2O7S. The Hall–Kier alpha value is -3.63. The van der Waals surface area contributed by atoms with E-state index in [-0.39, 0.29) is 16.3 Å². The van der Waals surface area contributed by atoms with Gasteiger partial charge < -0.3 is 24.3 Å². The van der Waals surface area contributed by atoms with E-state index < -0.39 is 22.5 Å². The molecule has 0 fully saturated rings. The van der Waals surface area contributed by atoms with Crippen molar-refractivity contribution < 1.29 is 32.2 Å². The molecule has 0 atom stereocenters. The van der Waals surface area contributed by atoms with E-state index in [1.165, 1.54) is 45.6 Å². The number of amides is 1. The van der Waals surface area contributed by atoms with Crippen LogP contribution in [0.25, 0.3) is 0 Å². The molecule has 36 heavy (non-hydrogen) atoms. The molecule has 3 rings (SSSR count). The predicted octanol–water partition coefficient (Wildman–Crippen LogP) is 4.60. The van der Waals surface area contributed by atoms with E-state index in [1.54, 1.807) is 36.4 Å². The largest absolute Gasteiger partial charge is 0.495 e.